The molecule has 0 unspecified atom stereocenters. The predicted molar refractivity (Wildman–Crippen MR) is 65.6 cm³/mol. The van der Waals surface area contributed by atoms with E-state index in [1.807, 2.05) is 24.3 Å². The van der Waals surface area contributed by atoms with Gasteiger partial charge >= 0.3 is 5.97 Å². The Balaban J connectivity index is 2.13. The highest BCUT2D eigenvalue weighted by molar-refractivity contribution is 6.10. The molecule has 6 heteroatoms. The number of fused-ring (bicyclic) bond motifs is 3. The lowest BCUT2D eigenvalue weighted by atomic mass is 10.2. The van der Waals surface area contributed by atoms with E-state index in [0.717, 1.165) is 15.8 Å². The van der Waals surface area contributed by atoms with Gasteiger partial charge in [-0.1, -0.05) is 18.2 Å². The Hall–Kier alpha value is -2.63. The van der Waals surface area contributed by atoms with Crippen LogP contribution in [0.25, 0.3) is 10.9 Å². The van der Waals surface area contributed by atoms with Gasteiger partial charge in [0.1, 0.15) is 18.8 Å². The molecule has 0 saturated heterocycles. The molecule has 0 spiro atoms. The zero-order valence-corrected chi connectivity index (χ0v) is 9.87. The second-order valence-corrected chi connectivity index (χ2v) is 4.35. The number of aliphatic carboxylic acids is 1. The van der Waals surface area contributed by atoms with E-state index in [2.05, 4.69) is 0 Å². The first-order valence-corrected chi connectivity index (χ1v) is 5.72. The summed E-state index contributed by atoms with van der Waals surface area (Å²) in [6.45, 7) is -0.610. The Morgan fingerprint density at radius 1 is 1.26 bits per heavy atom. The number of amides is 2. The number of imide groups is 1. The van der Waals surface area contributed by atoms with E-state index in [-0.39, 0.29) is 6.54 Å². The molecule has 0 radical (unpaired) electrons. The summed E-state index contributed by atoms with van der Waals surface area (Å²) in [5, 5.41) is 9.59. The zero-order chi connectivity index (χ0) is 13.6. The lowest BCUT2D eigenvalue weighted by molar-refractivity contribution is -0.143. The van der Waals surface area contributed by atoms with Crippen molar-refractivity contribution in [3.8, 4) is 0 Å². The highest BCUT2D eigenvalue weighted by atomic mass is 16.4. The second kappa shape index (κ2) is 3.94. The minimum absolute atomic E-state index is 0.0120. The molecule has 1 aromatic heterocycles. The van der Waals surface area contributed by atoms with Crippen molar-refractivity contribution in [1.29, 1.82) is 0 Å². The van der Waals surface area contributed by atoms with Gasteiger partial charge in [0.25, 0.3) is 5.91 Å². The van der Waals surface area contributed by atoms with E-state index >= 15 is 0 Å². The third-order valence-corrected chi connectivity index (χ3v) is 3.16. The molecule has 6 nitrogen and oxygen atoms in total. The lowest BCUT2D eigenvalue weighted by Crippen LogP contribution is -2.46. The first-order chi connectivity index (χ1) is 9.08. The van der Waals surface area contributed by atoms with Gasteiger partial charge in [0.05, 0.1) is 0 Å². The van der Waals surface area contributed by atoms with Crippen molar-refractivity contribution in [3.05, 3.63) is 36.0 Å². The van der Waals surface area contributed by atoms with E-state index in [1.54, 1.807) is 10.6 Å². The number of hydrogen-bond donors (Lipinski definition) is 1. The average molecular weight is 258 g/mol. The minimum atomic E-state index is -1.20. The monoisotopic (exact) mass is 258 g/mol. The smallest absolute Gasteiger partial charge is 0.323 e. The van der Waals surface area contributed by atoms with Crippen molar-refractivity contribution in [2.75, 3.05) is 6.54 Å². The number of aromatic nitrogens is 1. The summed E-state index contributed by atoms with van der Waals surface area (Å²) in [5.74, 6) is -2.26. The molecule has 0 aliphatic carbocycles. The molecule has 2 amide bonds. The molecule has 0 saturated carbocycles. The van der Waals surface area contributed by atoms with Crippen molar-refractivity contribution in [2.45, 2.75) is 6.54 Å². The maximum atomic E-state index is 12.2. The molecule has 1 aliphatic heterocycles. The van der Waals surface area contributed by atoms with E-state index in [1.165, 1.54) is 0 Å². The van der Waals surface area contributed by atoms with Crippen LogP contribution in [0.2, 0.25) is 0 Å². The molecule has 2 heterocycles. The summed E-state index contributed by atoms with van der Waals surface area (Å²) in [6.07, 6.45) is 0. The van der Waals surface area contributed by atoms with Crippen LogP contribution in [0.1, 0.15) is 10.5 Å². The molecule has 0 atom stereocenters. The van der Waals surface area contributed by atoms with Gasteiger partial charge in [-0.25, -0.2) is 0 Å². The fraction of sp³-hybridized carbons (Fsp3) is 0.154. The third-order valence-electron chi connectivity index (χ3n) is 3.16. The number of carboxylic acids is 1. The molecule has 1 aromatic carbocycles. The number of carbonyl (C=O) groups excluding carboxylic acids is 2. The van der Waals surface area contributed by atoms with Gasteiger partial charge in [0.2, 0.25) is 5.91 Å². The maximum absolute atomic E-state index is 12.2. The van der Waals surface area contributed by atoms with Gasteiger partial charge in [0.15, 0.2) is 0 Å². The van der Waals surface area contributed by atoms with Gasteiger partial charge < -0.3 is 9.67 Å². The summed E-state index contributed by atoms with van der Waals surface area (Å²) in [6, 6.07) is 9.02. The summed E-state index contributed by atoms with van der Waals surface area (Å²) in [5.41, 5.74) is 1.15. The average Bonchev–Trinajstić information content (AvgIpc) is 2.73. The zero-order valence-electron chi connectivity index (χ0n) is 9.87. The highest BCUT2D eigenvalue weighted by Gasteiger charge is 2.33. The molecule has 1 aliphatic rings. The van der Waals surface area contributed by atoms with Crippen LogP contribution in [0.15, 0.2) is 30.3 Å². The van der Waals surface area contributed by atoms with Crippen LogP contribution in [0.4, 0.5) is 0 Å². The topological polar surface area (TPSA) is 79.6 Å². The van der Waals surface area contributed by atoms with Gasteiger partial charge in [-0.3, -0.25) is 19.3 Å². The van der Waals surface area contributed by atoms with Gasteiger partial charge in [-0.05, 0) is 12.1 Å². The van der Waals surface area contributed by atoms with Crippen LogP contribution in [-0.4, -0.2) is 38.9 Å². The van der Waals surface area contributed by atoms with E-state index < -0.39 is 24.3 Å². The predicted octanol–water partition coefficient (Wildman–Crippen LogP) is 0.708. The summed E-state index contributed by atoms with van der Waals surface area (Å²) < 4.78 is 1.62. The first-order valence-electron chi connectivity index (χ1n) is 5.72. The fourth-order valence-electron chi connectivity index (χ4n) is 2.33. The van der Waals surface area contributed by atoms with Crippen LogP contribution in [0.3, 0.4) is 0 Å². The van der Waals surface area contributed by atoms with Crippen LogP contribution in [0, 0.1) is 0 Å². The Bertz CT molecular complexity index is 717. The lowest BCUT2D eigenvalue weighted by Gasteiger charge is -2.25. The second-order valence-electron chi connectivity index (χ2n) is 4.35. The van der Waals surface area contributed by atoms with Crippen LogP contribution < -0.4 is 0 Å². The first kappa shape index (κ1) is 11.5. The molecule has 96 valence electrons. The van der Waals surface area contributed by atoms with Crippen molar-refractivity contribution in [3.63, 3.8) is 0 Å². The van der Waals surface area contributed by atoms with E-state index in [4.69, 9.17) is 5.11 Å². The number of benzene rings is 1. The number of nitrogens with zero attached hydrogens (tertiary/aromatic N) is 2. The number of para-hydroxylation sites is 1. The molecular weight excluding hydrogens is 248 g/mol. The standard InChI is InChI=1S/C13H10N2O4/c16-11-6-14-9-4-2-1-3-8(9)5-10(14)13(19)15(11)7-12(17)18/h1-5H,6-7H2,(H,17,18). The molecular formula is C13H10N2O4. The van der Waals surface area contributed by atoms with E-state index in [0.29, 0.717) is 5.69 Å². The van der Waals surface area contributed by atoms with Crippen molar-refractivity contribution in [2.24, 2.45) is 0 Å². The van der Waals surface area contributed by atoms with Gasteiger partial charge in [0, 0.05) is 10.9 Å². The Kier molecular flexibility index (Phi) is 2.38. The molecule has 2 aromatic rings. The summed E-state index contributed by atoms with van der Waals surface area (Å²) in [7, 11) is 0. The number of carboxylic acid groups (broad SMARTS) is 1. The van der Waals surface area contributed by atoms with Gasteiger partial charge in [-0.15, -0.1) is 0 Å². The van der Waals surface area contributed by atoms with Crippen molar-refractivity contribution in [1.82, 2.24) is 9.47 Å². The quantitative estimate of drug-likeness (QED) is 0.804. The summed E-state index contributed by atoms with van der Waals surface area (Å²) in [4.78, 5) is 35.5. The molecule has 0 bridgehead atoms. The van der Waals surface area contributed by atoms with Crippen molar-refractivity contribution >= 4 is 28.7 Å². The minimum Gasteiger partial charge on any atom is -0.480 e. The molecule has 0 fully saturated rings. The third kappa shape index (κ3) is 1.69. The normalized spacial score (nSPS) is 14.8. The number of hydrogen-bond acceptors (Lipinski definition) is 3. The van der Waals surface area contributed by atoms with Crippen LogP contribution >= 0.6 is 0 Å². The Morgan fingerprint density at radius 2 is 2.00 bits per heavy atom. The Morgan fingerprint density at radius 3 is 2.74 bits per heavy atom. The number of carbonyl (C=O) groups is 3. The fourth-order valence-corrected chi connectivity index (χ4v) is 2.33. The summed E-state index contributed by atoms with van der Waals surface area (Å²) >= 11 is 0. The van der Waals surface area contributed by atoms with Crippen LogP contribution in [0.5, 0.6) is 0 Å². The molecule has 19 heavy (non-hydrogen) atoms. The number of rotatable bonds is 2. The highest BCUT2D eigenvalue weighted by Crippen LogP contribution is 2.24. The van der Waals surface area contributed by atoms with Crippen LogP contribution in [-0.2, 0) is 16.1 Å². The maximum Gasteiger partial charge on any atom is 0.323 e. The molecule has 1 N–H and O–H groups in total. The van der Waals surface area contributed by atoms with Gasteiger partial charge in [-0.2, -0.15) is 0 Å². The van der Waals surface area contributed by atoms with Crippen molar-refractivity contribution < 1.29 is 19.5 Å². The van der Waals surface area contributed by atoms with E-state index in [9.17, 15) is 14.4 Å². The largest absolute Gasteiger partial charge is 0.480 e. The SMILES string of the molecule is O=C(O)CN1C(=O)Cn2c(cc3ccccc32)C1=O. The molecule has 3 rings (SSSR count). The Labute approximate surface area is 107 Å².